The Balaban J connectivity index is 1.89. The lowest BCUT2D eigenvalue weighted by Gasteiger charge is -2.31. The van der Waals surface area contributed by atoms with Crippen LogP contribution in [0.4, 0.5) is 10.5 Å². The first kappa shape index (κ1) is 18.4. The van der Waals surface area contributed by atoms with Crippen molar-refractivity contribution in [3.05, 3.63) is 27.7 Å². The number of anilines is 1. The first-order valence-corrected chi connectivity index (χ1v) is 9.11. The van der Waals surface area contributed by atoms with Crippen LogP contribution in [0.25, 0.3) is 0 Å². The van der Waals surface area contributed by atoms with Gasteiger partial charge in [-0.1, -0.05) is 27.5 Å². The number of carbonyl (C=O) groups is 1. The van der Waals surface area contributed by atoms with E-state index in [9.17, 15) is 4.79 Å². The number of nitrogens with one attached hydrogen (secondary N) is 2. The van der Waals surface area contributed by atoms with Crippen LogP contribution >= 0.6 is 27.5 Å². The molecule has 1 aromatic carbocycles. The van der Waals surface area contributed by atoms with Crippen molar-refractivity contribution in [2.45, 2.75) is 64.1 Å². The van der Waals surface area contributed by atoms with Crippen molar-refractivity contribution >= 4 is 39.3 Å². The monoisotopic (exact) mass is 402 g/mol. The van der Waals surface area contributed by atoms with E-state index in [-0.39, 0.29) is 12.1 Å². The summed E-state index contributed by atoms with van der Waals surface area (Å²) in [5.74, 6) is 0. The zero-order valence-electron chi connectivity index (χ0n) is 13.8. The Morgan fingerprint density at radius 2 is 2.00 bits per heavy atom. The average Bonchev–Trinajstić information content (AvgIpc) is 2.40. The standard InChI is InChI=1S/C17H24BrClN2O2/c1-17(2,3)23-16(22)21-13-6-4-5-12(10-13)20-15-8-7-11(18)9-14(15)19/h7-9,12-13,20H,4-6,10H2,1-3H3,(H,21,22). The molecule has 4 nitrogen and oxygen atoms in total. The molecule has 1 amide bonds. The lowest BCUT2D eigenvalue weighted by atomic mass is 9.91. The minimum atomic E-state index is -0.471. The van der Waals surface area contributed by atoms with Crippen molar-refractivity contribution in [3.8, 4) is 0 Å². The predicted octanol–water partition coefficient (Wildman–Crippen LogP) is 5.35. The predicted molar refractivity (Wildman–Crippen MR) is 98.2 cm³/mol. The Labute approximate surface area is 151 Å². The molecule has 2 N–H and O–H groups in total. The van der Waals surface area contributed by atoms with Crippen molar-refractivity contribution in [2.24, 2.45) is 0 Å². The number of benzene rings is 1. The lowest BCUT2D eigenvalue weighted by Crippen LogP contribution is -2.43. The summed E-state index contributed by atoms with van der Waals surface area (Å²) < 4.78 is 6.29. The Hall–Kier alpha value is -0.940. The largest absolute Gasteiger partial charge is 0.444 e. The highest BCUT2D eigenvalue weighted by Crippen LogP contribution is 2.29. The van der Waals surface area contributed by atoms with Crippen molar-refractivity contribution in [2.75, 3.05) is 5.32 Å². The molecule has 0 aliphatic heterocycles. The molecule has 1 saturated carbocycles. The Morgan fingerprint density at radius 1 is 1.30 bits per heavy atom. The molecule has 0 aromatic heterocycles. The molecule has 1 fully saturated rings. The molecule has 1 aliphatic rings. The van der Waals surface area contributed by atoms with Crippen molar-refractivity contribution in [1.82, 2.24) is 5.32 Å². The van der Waals surface area contributed by atoms with Gasteiger partial charge in [0.15, 0.2) is 0 Å². The molecule has 2 rings (SSSR count). The molecule has 0 bridgehead atoms. The fourth-order valence-corrected chi connectivity index (χ4v) is 3.48. The van der Waals surface area contributed by atoms with Crippen LogP contribution in [0.1, 0.15) is 46.5 Å². The van der Waals surface area contributed by atoms with Crippen LogP contribution in [0.2, 0.25) is 5.02 Å². The molecule has 0 heterocycles. The van der Waals surface area contributed by atoms with Gasteiger partial charge < -0.3 is 15.4 Å². The van der Waals surface area contributed by atoms with Crippen molar-refractivity contribution < 1.29 is 9.53 Å². The number of alkyl carbamates (subject to hydrolysis) is 1. The van der Waals surface area contributed by atoms with E-state index in [1.165, 1.54) is 0 Å². The SMILES string of the molecule is CC(C)(C)OC(=O)NC1CCCC(Nc2ccc(Br)cc2Cl)C1. The van der Waals surface area contributed by atoms with Crippen LogP contribution in [-0.4, -0.2) is 23.8 Å². The molecule has 1 aliphatic carbocycles. The zero-order chi connectivity index (χ0) is 17.0. The second kappa shape index (κ2) is 7.75. The first-order valence-electron chi connectivity index (χ1n) is 7.94. The molecule has 23 heavy (non-hydrogen) atoms. The fraction of sp³-hybridized carbons (Fsp3) is 0.588. The summed E-state index contributed by atoms with van der Waals surface area (Å²) in [6, 6.07) is 6.24. The summed E-state index contributed by atoms with van der Waals surface area (Å²) in [5.41, 5.74) is 0.458. The Morgan fingerprint density at radius 3 is 2.65 bits per heavy atom. The quantitative estimate of drug-likeness (QED) is 0.715. The molecule has 0 spiro atoms. The van der Waals surface area contributed by atoms with E-state index in [2.05, 4.69) is 26.6 Å². The number of hydrogen-bond acceptors (Lipinski definition) is 3. The number of ether oxygens (including phenoxy) is 1. The van der Waals surface area contributed by atoms with E-state index in [0.29, 0.717) is 11.1 Å². The summed E-state index contributed by atoms with van der Waals surface area (Å²) in [6.07, 6.45) is 3.63. The van der Waals surface area contributed by atoms with Gasteiger partial charge in [-0.25, -0.2) is 4.79 Å². The molecule has 1 aromatic rings. The summed E-state index contributed by atoms with van der Waals surface area (Å²) in [6.45, 7) is 5.61. The molecule has 0 radical (unpaired) electrons. The number of amides is 1. The van der Waals surface area contributed by atoms with Gasteiger partial charge in [0, 0.05) is 16.6 Å². The van der Waals surface area contributed by atoms with Crippen LogP contribution in [0.3, 0.4) is 0 Å². The third-order valence-electron chi connectivity index (χ3n) is 3.69. The van der Waals surface area contributed by atoms with Gasteiger partial charge in [0.1, 0.15) is 5.60 Å². The highest BCUT2D eigenvalue weighted by atomic mass is 79.9. The smallest absolute Gasteiger partial charge is 0.407 e. The van der Waals surface area contributed by atoms with Gasteiger partial charge in [0.25, 0.3) is 0 Å². The first-order chi connectivity index (χ1) is 10.7. The van der Waals surface area contributed by atoms with Crippen LogP contribution in [0.15, 0.2) is 22.7 Å². The van der Waals surface area contributed by atoms with Gasteiger partial charge in [0.2, 0.25) is 0 Å². The van der Waals surface area contributed by atoms with Crippen LogP contribution < -0.4 is 10.6 Å². The highest BCUT2D eigenvalue weighted by Gasteiger charge is 2.25. The summed E-state index contributed by atoms with van der Waals surface area (Å²) in [4.78, 5) is 11.9. The van der Waals surface area contributed by atoms with Gasteiger partial charge in [-0.2, -0.15) is 0 Å². The molecule has 2 atom stereocenters. The average molecular weight is 404 g/mol. The maximum atomic E-state index is 11.9. The topological polar surface area (TPSA) is 50.4 Å². The second-order valence-electron chi connectivity index (χ2n) is 6.98. The summed E-state index contributed by atoms with van der Waals surface area (Å²) in [7, 11) is 0. The lowest BCUT2D eigenvalue weighted by molar-refractivity contribution is 0.0492. The fourth-order valence-electron chi connectivity index (χ4n) is 2.75. The van der Waals surface area contributed by atoms with E-state index in [1.807, 2.05) is 39.0 Å². The van der Waals surface area contributed by atoms with Gasteiger partial charge in [-0.15, -0.1) is 0 Å². The van der Waals surface area contributed by atoms with E-state index >= 15 is 0 Å². The van der Waals surface area contributed by atoms with Crippen LogP contribution in [0, 0.1) is 0 Å². The maximum absolute atomic E-state index is 11.9. The van der Waals surface area contributed by atoms with E-state index in [4.69, 9.17) is 16.3 Å². The molecular weight excluding hydrogens is 380 g/mol. The number of halogens is 2. The van der Waals surface area contributed by atoms with Gasteiger partial charge in [-0.3, -0.25) is 0 Å². The summed E-state index contributed by atoms with van der Waals surface area (Å²) in [5, 5.41) is 7.15. The highest BCUT2D eigenvalue weighted by molar-refractivity contribution is 9.10. The normalized spacial score (nSPS) is 21.6. The zero-order valence-corrected chi connectivity index (χ0v) is 16.1. The molecule has 2 unspecified atom stereocenters. The van der Waals surface area contributed by atoms with E-state index < -0.39 is 5.60 Å². The molecule has 128 valence electrons. The number of hydrogen-bond donors (Lipinski definition) is 2. The molecule has 0 saturated heterocycles. The summed E-state index contributed by atoms with van der Waals surface area (Å²) >= 11 is 9.67. The molecular formula is C17H24BrClN2O2. The minimum absolute atomic E-state index is 0.130. The van der Waals surface area contributed by atoms with Gasteiger partial charge in [-0.05, 0) is 64.7 Å². The Bertz CT molecular complexity index is 560. The van der Waals surface area contributed by atoms with Gasteiger partial charge in [0.05, 0.1) is 10.7 Å². The second-order valence-corrected chi connectivity index (χ2v) is 8.30. The number of rotatable bonds is 3. The maximum Gasteiger partial charge on any atom is 0.407 e. The van der Waals surface area contributed by atoms with Crippen molar-refractivity contribution in [3.63, 3.8) is 0 Å². The third-order valence-corrected chi connectivity index (χ3v) is 4.49. The van der Waals surface area contributed by atoms with Crippen molar-refractivity contribution in [1.29, 1.82) is 0 Å². The minimum Gasteiger partial charge on any atom is -0.444 e. The third kappa shape index (κ3) is 6.22. The number of carbonyl (C=O) groups excluding carboxylic acids is 1. The van der Waals surface area contributed by atoms with E-state index in [0.717, 1.165) is 35.8 Å². The Kier molecular flexibility index (Phi) is 6.20. The van der Waals surface area contributed by atoms with E-state index in [1.54, 1.807) is 0 Å². The van der Waals surface area contributed by atoms with Crippen LogP contribution in [0.5, 0.6) is 0 Å². The molecule has 6 heteroatoms. The van der Waals surface area contributed by atoms with Crippen LogP contribution in [-0.2, 0) is 4.74 Å². The van der Waals surface area contributed by atoms with Gasteiger partial charge >= 0.3 is 6.09 Å².